The van der Waals surface area contributed by atoms with E-state index in [4.69, 9.17) is 0 Å². The van der Waals surface area contributed by atoms with Gasteiger partial charge in [-0.3, -0.25) is 4.99 Å². The maximum absolute atomic E-state index is 12.5. The highest BCUT2D eigenvalue weighted by molar-refractivity contribution is 7.89. The molecular formula is C19H28N4O2S2. The van der Waals surface area contributed by atoms with E-state index < -0.39 is 10.0 Å². The fourth-order valence-corrected chi connectivity index (χ4v) is 4.79. The predicted octanol–water partition coefficient (Wildman–Crippen LogP) is 2.60. The van der Waals surface area contributed by atoms with Crippen LogP contribution in [-0.2, 0) is 23.0 Å². The fraction of sp³-hybridized carbons (Fsp3) is 0.421. The minimum Gasteiger partial charge on any atom is -0.354 e. The van der Waals surface area contributed by atoms with E-state index >= 15 is 0 Å². The van der Waals surface area contributed by atoms with Crippen molar-refractivity contribution in [1.82, 2.24) is 14.9 Å². The van der Waals surface area contributed by atoms with Crippen LogP contribution in [0.5, 0.6) is 0 Å². The highest BCUT2D eigenvalue weighted by Gasteiger charge is 2.20. The standard InChI is InChI=1S/C19H28N4O2S2/c1-14(12-17-11-10-15(2)26-17)22-19(20-3)21-13-16-8-6-7-9-18(16)27(24,25)23(4)5/h6-11,14H,12-13H2,1-5H3,(H2,20,21,22). The molecule has 2 rings (SSSR count). The van der Waals surface area contributed by atoms with E-state index in [1.165, 1.54) is 28.2 Å². The normalized spacial score (nSPS) is 13.6. The summed E-state index contributed by atoms with van der Waals surface area (Å²) < 4.78 is 26.2. The van der Waals surface area contributed by atoms with E-state index in [-0.39, 0.29) is 6.04 Å². The number of sulfonamides is 1. The van der Waals surface area contributed by atoms with Crippen LogP contribution in [0.2, 0.25) is 0 Å². The molecule has 8 heteroatoms. The molecule has 1 heterocycles. The fourth-order valence-electron chi connectivity index (χ4n) is 2.65. The highest BCUT2D eigenvalue weighted by atomic mass is 32.2. The molecule has 1 aromatic carbocycles. The summed E-state index contributed by atoms with van der Waals surface area (Å²) in [5, 5.41) is 6.58. The Hall–Kier alpha value is -1.90. The third-order valence-corrected chi connectivity index (χ3v) is 7.03. The van der Waals surface area contributed by atoms with Crippen molar-refractivity contribution >= 4 is 27.3 Å². The van der Waals surface area contributed by atoms with Crippen molar-refractivity contribution in [3.63, 3.8) is 0 Å². The SMILES string of the molecule is CN=C(NCc1ccccc1S(=O)(=O)N(C)C)NC(C)Cc1ccc(C)s1. The van der Waals surface area contributed by atoms with E-state index in [1.54, 1.807) is 30.5 Å². The van der Waals surface area contributed by atoms with E-state index in [9.17, 15) is 8.42 Å². The molecule has 0 fully saturated rings. The van der Waals surface area contributed by atoms with Crippen molar-refractivity contribution < 1.29 is 8.42 Å². The van der Waals surface area contributed by atoms with Gasteiger partial charge in [-0.1, -0.05) is 18.2 Å². The van der Waals surface area contributed by atoms with Crippen molar-refractivity contribution in [3.05, 3.63) is 51.7 Å². The molecule has 0 aliphatic rings. The zero-order valence-corrected chi connectivity index (χ0v) is 18.1. The Balaban J connectivity index is 2.02. The molecule has 0 bridgehead atoms. The number of aryl methyl sites for hydroxylation is 1. The van der Waals surface area contributed by atoms with Gasteiger partial charge in [-0.25, -0.2) is 12.7 Å². The quantitative estimate of drug-likeness (QED) is 0.546. The molecule has 27 heavy (non-hydrogen) atoms. The summed E-state index contributed by atoms with van der Waals surface area (Å²) in [6.07, 6.45) is 0.908. The van der Waals surface area contributed by atoms with Crippen molar-refractivity contribution in [1.29, 1.82) is 0 Å². The first-order valence-corrected chi connectivity index (χ1v) is 11.0. The zero-order chi connectivity index (χ0) is 20.0. The van der Waals surface area contributed by atoms with Crippen LogP contribution in [0.4, 0.5) is 0 Å². The topological polar surface area (TPSA) is 73.8 Å². The second-order valence-corrected chi connectivity index (χ2v) is 10.1. The number of nitrogens with zero attached hydrogens (tertiary/aromatic N) is 2. The van der Waals surface area contributed by atoms with Crippen LogP contribution in [0.3, 0.4) is 0 Å². The van der Waals surface area contributed by atoms with Gasteiger partial charge in [-0.05, 0) is 37.6 Å². The molecule has 6 nitrogen and oxygen atoms in total. The molecule has 0 saturated carbocycles. The lowest BCUT2D eigenvalue weighted by Gasteiger charge is -2.19. The molecule has 148 valence electrons. The molecule has 1 atom stereocenters. The Bertz CT molecular complexity index is 889. The number of hydrogen-bond donors (Lipinski definition) is 2. The van der Waals surface area contributed by atoms with Crippen molar-refractivity contribution in [2.75, 3.05) is 21.1 Å². The van der Waals surface area contributed by atoms with Crippen molar-refractivity contribution in [3.8, 4) is 0 Å². The van der Waals surface area contributed by atoms with Crippen LogP contribution in [-0.4, -0.2) is 45.9 Å². The number of thiophene rings is 1. The van der Waals surface area contributed by atoms with Gasteiger partial charge >= 0.3 is 0 Å². The minimum atomic E-state index is -3.49. The maximum Gasteiger partial charge on any atom is 0.242 e. The Labute approximate surface area is 166 Å². The summed E-state index contributed by atoms with van der Waals surface area (Å²) in [4.78, 5) is 7.19. The number of hydrogen-bond acceptors (Lipinski definition) is 4. The lowest BCUT2D eigenvalue weighted by molar-refractivity contribution is 0.519. The van der Waals surface area contributed by atoms with Crippen LogP contribution in [0.25, 0.3) is 0 Å². The van der Waals surface area contributed by atoms with Gasteiger partial charge in [-0.2, -0.15) is 0 Å². The largest absolute Gasteiger partial charge is 0.354 e. The Morgan fingerprint density at radius 2 is 1.93 bits per heavy atom. The molecule has 1 unspecified atom stereocenters. The third-order valence-electron chi connectivity index (χ3n) is 4.09. The Kier molecular flexibility index (Phi) is 7.41. The number of guanidine groups is 1. The van der Waals surface area contributed by atoms with Crippen LogP contribution in [0.1, 0.15) is 22.2 Å². The summed E-state index contributed by atoms with van der Waals surface area (Å²) in [6, 6.07) is 11.5. The summed E-state index contributed by atoms with van der Waals surface area (Å²) >= 11 is 1.80. The lowest BCUT2D eigenvalue weighted by Crippen LogP contribution is -2.42. The maximum atomic E-state index is 12.5. The summed E-state index contributed by atoms with van der Waals surface area (Å²) in [5.41, 5.74) is 0.704. The first kappa shape index (κ1) is 21.4. The van der Waals surface area contributed by atoms with Gasteiger partial charge in [0, 0.05) is 49.9 Å². The molecular weight excluding hydrogens is 380 g/mol. The van der Waals surface area contributed by atoms with Crippen LogP contribution < -0.4 is 10.6 Å². The number of benzene rings is 1. The predicted molar refractivity (Wildman–Crippen MR) is 113 cm³/mol. The van der Waals surface area contributed by atoms with E-state index in [1.807, 2.05) is 12.1 Å². The average Bonchev–Trinajstić information content (AvgIpc) is 3.03. The summed E-state index contributed by atoms with van der Waals surface area (Å²) in [5.74, 6) is 0.646. The van der Waals surface area contributed by atoms with Gasteiger partial charge in [-0.15, -0.1) is 11.3 Å². The summed E-state index contributed by atoms with van der Waals surface area (Å²) in [7, 11) is 1.29. The molecule has 0 amide bonds. The monoisotopic (exact) mass is 408 g/mol. The average molecular weight is 409 g/mol. The minimum absolute atomic E-state index is 0.204. The first-order chi connectivity index (χ1) is 12.7. The molecule has 2 aromatic rings. The highest BCUT2D eigenvalue weighted by Crippen LogP contribution is 2.18. The van der Waals surface area contributed by atoms with Crippen LogP contribution in [0, 0.1) is 6.92 Å². The molecule has 0 aliphatic heterocycles. The van der Waals surface area contributed by atoms with Gasteiger partial charge in [0.15, 0.2) is 5.96 Å². The van der Waals surface area contributed by atoms with Gasteiger partial charge in [0.2, 0.25) is 10.0 Å². The van der Waals surface area contributed by atoms with Crippen LogP contribution in [0.15, 0.2) is 46.3 Å². The number of nitrogens with one attached hydrogen (secondary N) is 2. The first-order valence-electron chi connectivity index (χ1n) is 8.77. The van der Waals surface area contributed by atoms with Crippen LogP contribution >= 0.6 is 11.3 Å². The van der Waals surface area contributed by atoms with E-state index in [2.05, 4.69) is 41.6 Å². The molecule has 0 radical (unpaired) electrons. The van der Waals surface area contributed by atoms with Gasteiger partial charge in [0.1, 0.15) is 0 Å². The second-order valence-electron chi connectivity index (χ2n) is 6.58. The van der Waals surface area contributed by atoms with Gasteiger partial charge < -0.3 is 10.6 Å². The number of rotatable bonds is 7. The molecule has 0 spiro atoms. The Morgan fingerprint density at radius 1 is 1.22 bits per heavy atom. The lowest BCUT2D eigenvalue weighted by atomic mass is 10.2. The third kappa shape index (κ3) is 5.79. The number of aliphatic imine (C=N–C) groups is 1. The van der Waals surface area contributed by atoms with Crippen molar-refractivity contribution in [2.45, 2.75) is 37.8 Å². The second kappa shape index (κ2) is 9.34. The van der Waals surface area contributed by atoms with Crippen molar-refractivity contribution in [2.24, 2.45) is 4.99 Å². The van der Waals surface area contributed by atoms with Gasteiger partial charge in [0.05, 0.1) is 4.90 Å². The smallest absolute Gasteiger partial charge is 0.242 e. The zero-order valence-electron chi connectivity index (χ0n) is 16.5. The molecule has 1 aromatic heterocycles. The van der Waals surface area contributed by atoms with E-state index in [0.29, 0.717) is 23.0 Å². The molecule has 0 aliphatic carbocycles. The molecule has 0 saturated heterocycles. The summed E-state index contributed by atoms with van der Waals surface area (Å²) in [6.45, 7) is 4.58. The van der Waals surface area contributed by atoms with E-state index in [0.717, 1.165) is 6.42 Å². The molecule has 2 N–H and O–H groups in total. The van der Waals surface area contributed by atoms with Gasteiger partial charge in [0.25, 0.3) is 0 Å². The Morgan fingerprint density at radius 3 is 2.52 bits per heavy atom.